The summed E-state index contributed by atoms with van der Waals surface area (Å²) in [4.78, 5) is 28.6. The van der Waals surface area contributed by atoms with Gasteiger partial charge in [0.25, 0.3) is 5.91 Å². The molecule has 0 aromatic heterocycles. The number of nitrogens with zero attached hydrogens (tertiary/aromatic N) is 2. The smallest absolute Gasteiger partial charge is 0.256 e. The average Bonchev–Trinajstić information content (AvgIpc) is 2.87. The molecule has 0 bridgehead atoms. The van der Waals surface area contributed by atoms with Gasteiger partial charge in [0, 0.05) is 45.3 Å². The average molecular weight is 370 g/mol. The van der Waals surface area contributed by atoms with Crippen LogP contribution in [0.4, 0.5) is 4.39 Å². The predicted molar refractivity (Wildman–Crippen MR) is 99.2 cm³/mol. The van der Waals surface area contributed by atoms with E-state index in [-0.39, 0.29) is 30.6 Å². The molecule has 3 rings (SSSR count). The maximum Gasteiger partial charge on any atom is 0.256 e. The molecule has 1 unspecified atom stereocenters. The van der Waals surface area contributed by atoms with E-state index in [0.717, 1.165) is 5.56 Å². The number of methoxy groups -OCH3 is 1. The van der Waals surface area contributed by atoms with Crippen LogP contribution in [0, 0.1) is 5.82 Å². The molecule has 142 valence electrons. The van der Waals surface area contributed by atoms with Gasteiger partial charge in [-0.05, 0) is 11.6 Å². The highest BCUT2D eigenvalue weighted by molar-refractivity contribution is 5.84. The van der Waals surface area contributed by atoms with Gasteiger partial charge in [0.15, 0.2) is 6.10 Å². The van der Waals surface area contributed by atoms with Crippen LogP contribution >= 0.6 is 0 Å². The van der Waals surface area contributed by atoms with Crippen LogP contribution in [0.25, 0.3) is 0 Å². The minimum Gasteiger partial charge on any atom is -0.367 e. The quantitative estimate of drug-likeness (QED) is 0.813. The molecule has 1 fully saturated rings. The third-order valence-corrected chi connectivity index (χ3v) is 4.78. The Bertz CT molecular complexity index is 797. The zero-order valence-electron chi connectivity index (χ0n) is 15.3. The van der Waals surface area contributed by atoms with Gasteiger partial charge in [-0.25, -0.2) is 4.39 Å². The second-order valence-electron chi connectivity index (χ2n) is 6.51. The number of benzene rings is 2. The van der Waals surface area contributed by atoms with Crippen molar-refractivity contribution in [1.29, 1.82) is 0 Å². The van der Waals surface area contributed by atoms with E-state index in [1.54, 1.807) is 28.0 Å². The summed E-state index contributed by atoms with van der Waals surface area (Å²) in [7, 11) is 1.50. The van der Waals surface area contributed by atoms with Crippen LogP contribution in [0.5, 0.6) is 0 Å². The van der Waals surface area contributed by atoms with Gasteiger partial charge in [0.05, 0.1) is 0 Å². The molecule has 0 radical (unpaired) electrons. The highest BCUT2D eigenvalue weighted by Gasteiger charge is 2.29. The Kier molecular flexibility index (Phi) is 6.19. The van der Waals surface area contributed by atoms with E-state index in [9.17, 15) is 14.0 Å². The van der Waals surface area contributed by atoms with E-state index < -0.39 is 6.10 Å². The Morgan fingerprint density at radius 2 is 1.78 bits per heavy atom. The molecule has 2 aromatic rings. The Morgan fingerprint density at radius 3 is 2.48 bits per heavy atom. The molecule has 1 aliphatic heterocycles. The van der Waals surface area contributed by atoms with Crippen molar-refractivity contribution in [1.82, 2.24) is 9.80 Å². The first-order chi connectivity index (χ1) is 13.1. The molecule has 0 N–H and O–H groups in total. The van der Waals surface area contributed by atoms with Crippen molar-refractivity contribution in [3.63, 3.8) is 0 Å². The zero-order valence-corrected chi connectivity index (χ0v) is 15.3. The Hall–Kier alpha value is -2.73. The monoisotopic (exact) mass is 370 g/mol. The zero-order chi connectivity index (χ0) is 19.2. The molecule has 2 aromatic carbocycles. The molecule has 0 saturated carbocycles. The van der Waals surface area contributed by atoms with Crippen LogP contribution in [-0.4, -0.2) is 48.4 Å². The number of carbonyl (C=O) groups excluding carboxylic acids is 2. The van der Waals surface area contributed by atoms with E-state index in [1.165, 1.54) is 13.2 Å². The van der Waals surface area contributed by atoms with Gasteiger partial charge in [-0.3, -0.25) is 9.59 Å². The largest absolute Gasteiger partial charge is 0.367 e. The minimum atomic E-state index is -0.695. The summed E-state index contributed by atoms with van der Waals surface area (Å²) < 4.78 is 19.3. The van der Waals surface area contributed by atoms with Crippen LogP contribution in [0.3, 0.4) is 0 Å². The fourth-order valence-electron chi connectivity index (χ4n) is 3.26. The van der Waals surface area contributed by atoms with Crippen molar-refractivity contribution in [2.24, 2.45) is 0 Å². The van der Waals surface area contributed by atoms with E-state index in [0.29, 0.717) is 25.2 Å². The van der Waals surface area contributed by atoms with Gasteiger partial charge >= 0.3 is 0 Å². The fraction of sp³-hybridized carbons (Fsp3) is 0.333. The van der Waals surface area contributed by atoms with Gasteiger partial charge < -0.3 is 14.5 Å². The molecule has 1 heterocycles. The normalized spacial score (nSPS) is 16.1. The van der Waals surface area contributed by atoms with Gasteiger partial charge in [0.2, 0.25) is 5.91 Å². The third kappa shape index (κ3) is 4.52. The molecule has 0 aliphatic carbocycles. The van der Waals surface area contributed by atoms with Crippen molar-refractivity contribution in [3.8, 4) is 0 Å². The lowest BCUT2D eigenvalue weighted by molar-refractivity contribution is -0.142. The minimum absolute atomic E-state index is 0.0813. The second kappa shape index (κ2) is 8.77. The highest BCUT2D eigenvalue weighted by Crippen LogP contribution is 2.21. The van der Waals surface area contributed by atoms with Crippen molar-refractivity contribution >= 4 is 11.8 Å². The van der Waals surface area contributed by atoms with E-state index in [2.05, 4.69) is 0 Å². The maximum absolute atomic E-state index is 13.9. The lowest BCUT2D eigenvalue weighted by atomic mass is 10.1. The van der Waals surface area contributed by atoms with Crippen molar-refractivity contribution in [3.05, 3.63) is 71.5 Å². The summed E-state index contributed by atoms with van der Waals surface area (Å²) in [5.41, 5.74) is 1.26. The first-order valence-corrected chi connectivity index (χ1v) is 8.98. The SMILES string of the molecule is COC(C(=O)N1CCC(=O)N(Cc2ccccc2F)CC1)c1ccccc1. The predicted octanol–water partition coefficient (Wildman–Crippen LogP) is 2.77. The summed E-state index contributed by atoms with van der Waals surface area (Å²) in [6.07, 6.45) is -0.481. The molecular formula is C21H23FN2O3. The molecule has 2 amide bonds. The molecule has 1 saturated heterocycles. The van der Waals surface area contributed by atoms with Crippen LogP contribution in [0.15, 0.2) is 54.6 Å². The molecule has 1 aliphatic rings. The molecule has 0 spiro atoms. The van der Waals surface area contributed by atoms with Gasteiger partial charge in [-0.2, -0.15) is 0 Å². The molecular weight excluding hydrogens is 347 g/mol. The third-order valence-electron chi connectivity index (χ3n) is 4.78. The van der Waals surface area contributed by atoms with Crippen molar-refractivity contribution < 1.29 is 18.7 Å². The fourth-order valence-corrected chi connectivity index (χ4v) is 3.26. The summed E-state index contributed by atoms with van der Waals surface area (Å²) >= 11 is 0. The van der Waals surface area contributed by atoms with E-state index >= 15 is 0 Å². The summed E-state index contributed by atoms with van der Waals surface area (Å²) in [5.74, 6) is -0.572. The topological polar surface area (TPSA) is 49.9 Å². The summed E-state index contributed by atoms with van der Waals surface area (Å²) in [5, 5.41) is 0. The van der Waals surface area contributed by atoms with Gasteiger partial charge in [0.1, 0.15) is 5.82 Å². The van der Waals surface area contributed by atoms with Gasteiger partial charge in [-0.15, -0.1) is 0 Å². The number of amides is 2. The number of hydrogen-bond acceptors (Lipinski definition) is 3. The number of ether oxygens (including phenoxy) is 1. The molecule has 1 atom stereocenters. The van der Waals surface area contributed by atoms with E-state index in [4.69, 9.17) is 4.74 Å². The number of carbonyl (C=O) groups is 2. The number of hydrogen-bond donors (Lipinski definition) is 0. The van der Waals surface area contributed by atoms with Crippen LogP contribution < -0.4 is 0 Å². The standard InChI is InChI=1S/C21H23FN2O3/c1-27-20(16-7-3-2-4-8-16)21(26)23-12-11-19(25)24(14-13-23)15-17-9-5-6-10-18(17)22/h2-10,20H,11-15H2,1H3. The number of halogens is 1. The molecule has 27 heavy (non-hydrogen) atoms. The van der Waals surface area contributed by atoms with Gasteiger partial charge in [-0.1, -0.05) is 48.5 Å². The Labute approximate surface area is 158 Å². The maximum atomic E-state index is 13.9. The number of rotatable bonds is 5. The van der Waals surface area contributed by atoms with Crippen LogP contribution in [-0.2, 0) is 20.9 Å². The van der Waals surface area contributed by atoms with Crippen molar-refractivity contribution in [2.75, 3.05) is 26.7 Å². The van der Waals surface area contributed by atoms with Crippen LogP contribution in [0.2, 0.25) is 0 Å². The van der Waals surface area contributed by atoms with Crippen molar-refractivity contribution in [2.45, 2.75) is 19.1 Å². The highest BCUT2D eigenvalue weighted by atomic mass is 19.1. The summed E-state index contributed by atoms with van der Waals surface area (Å²) in [6.45, 7) is 1.30. The first kappa shape index (κ1) is 19.0. The molecule has 5 nitrogen and oxygen atoms in total. The lowest BCUT2D eigenvalue weighted by Gasteiger charge is -2.26. The second-order valence-corrected chi connectivity index (χ2v) is 6.51. The van der Waals surface area contributed by atoms with E-state index in [1.807, 2.05) is 30.3 Å². The van der Waals surface area contributed by atoms with Crippen LogP contribution in [0.1, 0.15) is 23.7 Å². The first-order valence-electron chi connectivity index (χ1n) is 8.98. The Morgan fingerprint density at radius 1 is 1.07 bits per heavy atom. The molecule has 6 heteroatoms. The summed E-state index contributed by atoms with van der Waals surface area (Å²) in [6, 6.07) is 15.7. The Balaban J connectivity index is 1.69. The lowest BCUT2D eigenvalue weighted by Crippen LogP contribution is -2.38.